The topological polar surface area (TPSA) is 51.4 Å². The lowest BCUT2D eigenvalue weighted by Crippen LogP contribution is -2.56. The smallest absolute Gasteiger partial charge is 0.119 e. The third-order valence-corrected chi connectivity index (χ3v) is 6.22. The minimum atomic E-state index is 0.0308. The van der Waals surface area contributed by atoms with Crippen molar-refractivity contribution < 1.29 is 4.74 Å². The van der Waals surface area contributed by atoms with Gasteiger partial charge >= 0.3 is 0 Å². The van der Waals surface area contributed by atoms with E-state index in [1.54, 1.807) is 7.11 Å². The average Bonchev–Trinajstić information content (AvgIpc) is 2.66. The lowest BCUT2D eigenvalue weighted by atomic mass is 9.72. The SMILES string of the molecule is CC[C@H]1CN2CC[C@H]1CC2[C@H](N)c1ccnc2ccc(OC)cc12. The van der Waals surface area contributed by atoms with Gasteiger partial charge in [-0.2, -0.15) is 0 Å². The number of aromatic nitrogens is 1. The molecule has 4 heteroatoms. The maximum absolute atomic E-state index is 6.79. The summed E-state index contributed by atoms with van der Waals surface area (Å²) in [5, 5.41) is 1.12. The quantitative estimate of drug-likeness (QED) is 0.936. The zero-order chi connectivity index (χ0) is 16.7. The molecule has 1 aromatic carbocycles. The molecule has 0 amide bonds. The number of fused-ring (bicyclic) bond motifs is 4. The van der Waals surface area contributed by atoms with Gasteiger partial charge in [-0.05, 0) is 61.1 Å². The number of benzene rings is 1. The number of hydrogen-bond acceptors (Lipinski definition) is 4. The Hall–Kier alpha value is -1.65. The fourth-order valence-electron chi connectivity index (χ4n) is 4.79. The molecule has 4 heterocycles. The van der Waals surface area contributed by atoms with Gasteiger partial charge in [-0.3, -0.25) is 9.88 Å². The molecular formula is C20H27N3O. The van der Waals surface area contributed by atoms with Gasteiger partial charge < -0.3 is 10.5 Å². The second-order valence-electron chi connectivity index (χ2n) is 7.32. The van der Waals surface area contributed by atoms with Crippen LogP contribution in [0.1, 0.15) is 37.8 Å². The number of nitrogens with zero attached hydrogens (tertiary/aromatic N) is 2. The van der Waals surface area contributed by atoms with Crippen LogP contribution in [0.5, 0.6) is 5.75 Å². The van der Waals surface area contributed by atoms with Crippen LogP contribution in [0.2, 0.25) is 0 Å². The number of methoxy groups -OCH3 is 1. The highest BCUT2D eigenvalue weighted by Crippen LogP contribution is 2.42. The van der Waals surface area contributed by atoms with E-state index in [4.69, 9.17) is 10.5 Å². The molecule has 5 atom stereocenters. The zero-order valence-electron chi connectivity index (χ0n) is 14.6. The van der Waals surface area contributed by atoms with Crippen molar-refractivity contribution in [1.82, 2.24) is 9.88 Å². The molecule has 128 valence electrons. The van der Waals surface area contributed by atoms with E-state index in [1.165, 1.54) is 37.9 Å². The first-order valence-corrected chi connectivity index (χ1v) is 9.13. The normalized spacial score (nSPS) is 30.5. The van der Waals surface area contributed by atoms with Crippen LogP contribution in [0.3, 0.4) is 0 Å². The van der Waals surface area contributed by atoms with Crippen molar-refractivity contribution >= 4 is 10.9 Å². The van der Waals surface area contributed by atoms with Gasteiger partial charge in [-0.25, -0.2) is 0 Å². The fraction of sp³-hybridized carbons (Fsp3) is 0.550. The second kappa shape index (κ2) is 6.34. The Morgan fingerprint density at radius 2 is 2.25 bits per heavy atom. The molecule has 0 radical (unpaired) electrons. The van der Waals surface area contributed by atoms with E-state index in [0.29, 0.717) is 6.04 Å². The number of piperidine rings is 3. The molecule has 4 nitrogen and oxygen atoms in total. The molecule has 2 N–H and O–H groups in total. The summed E-state index contributed by atoms with van der Waals surface area (Å²) in [5.41, 5.74) is 8.98. The summed E-state index contributed by atoms with van der Waals surface area (Å²) in [6.45, 7) is 4.74. The Morgan fingerprint density at radius 3 is 2.96 bits per heavy atom. The minimum absolute atomic E-state index is 0.0308. The maximum Gasteiger partial charge on any atom is 0.119 e. The third-order valence-electron chi connectivity index (χ3n) is 6.22. The first-order chi connectivity index (χ1) is 11.7. The van der Waals surface area contributed by atoms with Crippen LogP contribution in [-0.4, -0.2) is 36.1 Å². The van der Waals surface area contributed by atoms with Crippen LogP contribution < -0.4 is 10.5 Å². The van der Waals surface area contributed by atoms with Gasteiger partial charge in [0.25, 0.3) is 0 Å². The largest absolute Gasteiger partial charge is 0.497 e. The first kappa shape index (κ1) is 15.9. The van der Waals surface area contributed by atoms with Gasteiger partial charge in [0.15, 0.2) is 0 Å². The number of pyridine rings is 1. The fourth-order valence-corrected chi connectivity index (χ4v) is 4.79. The summed E-state index contributed by atoms with van der Waals surface area (Å²) in [6.07, 6.45) is 5.74. The molecule has 3 saturated heterocycles. The van der Waals surface area contributed by atoms with Crippen molar-refractivity contribution in [2.24, 2.45) is 17.6 Å². The zero-order valence-corrected chi connectivity index (χ0v) is 14.6. The highest BCUT2D eigenvalue weighted by molar-refractivity contribution is 5.84. The summed E-state index contributed by atoms with van der Waals surface area (Å²) < 4.78 is 5.40. The van der Waals surface area contributed by atoms with E-state index in [0.717, 1.165) is 28.5 Å². The molecule has 2 bridgehead atoms. The predicted molar refractivity (Wildman–Crippen MR) is 97.1 cm³/mol. The van der Waals surface area contributed by atoms with E-state index in [-0.39, 0.29) is 6.04 Å². The molecule has 2 aromatic rings. The Labute approximate surface area is 144 Å². The van der Waals surface area contributed by atoms with Crippen LogP contribution in [-0.2, 0) is 0 Å². The molecule has 24 heavy (non-hydrogen) atoms. The van der Waals surface area contributed by atoms with Crippen LogP contribution in [0.25, 0.3) is 10.9 Å². The van der Waals surface area contributed by atoms with E-state index in [1.807, 2.05) is 18.3 Å². The Bertz CT molecular complexity index is 732. The molecule has 2 unspecified atom stereocenters. The van der Waals surface area contributed by atoms with E-state index >= 15 is 0 Å². The van der Waals surface area contributed by atoms with Gasteiger partial charge in [0.2, 0.25) is 0 Å². The van der Waals surface area contributed by atoms with E-state index in [9.17, 15) is 0 Å². The Kier molecular flexibility index (Phi) is 4.19. The number of rotatable bonds is 4. The highest BCUT2D eigenvalue weighted by atomic mass is 16.5. The molecule has 3 aliphatic heterocycles. The van der Waals surface area contributed by atoms with Gasteiger partial charge in [-0.1, -0.05) is 13.3 Å². The molecule has 1 aromatic heterocycles. The van der Waals surface area contributed by atoms with Crippen molar-refractivity contribution in [1.29, 1.82) is 0 Å². The van der Waals surface area contributed by atoms with Crippen LogP contribution in [0, 0.1) is 11.8 Å². The second-order valence-corrected chi connectivity index (χ2v) is 7.32. The van der Waals surface area contributed by atoms with Gasteiger partial charge in [0.05, 0.1) is 12.6 Å². The van der Waals surface area contributed by atoms with Crippen molar-refractivity contribution in [2.75, 3.05) is 20.2 Å². The molecule has 0 saturated carbocycles. The van der Waals surface area contributed by atoms with E-state index in [2.05, 4.69) is 28.9 Å². The number of hydrogen-bond donors (Lipinski definition) is 1. The van der Waals surface area contributed by atoms with Crippen LogP contribution >= 0.6 is 0 Å². The summed E-state index contributed by atoms with van der Waals surface area (Å²) in [7, 11) is 1.70. The van der Waals surface area contributed by atoms with Gasteiger partial charge in [0, 0.05) is 30.2 Å². The van der Waals surface area contributed by atoms with Crippen molar-refractivity contribution in [3.63, 3.8) is 0 Å². The maximum atomic E-state index is 6.79. The molecule has 3 fully saturated rings. The summed E-state index contributed by atoms with van der Waals surface area (Å²) in [4.78, 5) is 7.12. The molecule has 3 aliphatic rings. The van der Waals surface area contributed by atoms with Crippen LogP contribution in [0.4, 0.5) is 0 Å². The predicted octanol–water partition coefficient (Wildman–Crippen LogP) is 3.36. The molecular weight excluding hydrogens is 298 g/mol. The molecule has 0 spiro atoms. The van der Waals surface area contributed by atoms with Gasteiger partial charge in [0.1, 0.15) is 5.75 Å². The summed E-state index contributed by atoms with van der Waals surface area (Å²) >= 11 is 0. The number of nitrogens with two attached hydrogens (primary N) is 1. The van der Waals surface area contributed by atoms with E-state index < -0.39 is 0 Å². The number of ether oxygens (including phenoxy) is 1. The van der Waals surface area contributed by atoms with Crippen molar-refractivity contribution in [2.45, 2.75) is 38.3 Å². The minimum Gasteiger partial charge on any atom is -0.497 e. The summed E-state index contributed by atoms with van der Waals surface area (Å²) in [5.74, 6) is 2.57. The average molecular weight is 325 g/mol. The van der Waals surface area contributed by atoms with Crippen molar-refractivity contribution in [3.05, 3.63) is 36.0 Å². The van der Waals surface area contributed by atoms with Crippen molar-refractivity contribution in [3.8, 4) is 5.75 Å². The Balaban J connectivity index is 1.68. The molecule has 5 rings (SSSR count). The Morgan fingerprint density at radius 1 is 1.38 bits per heavy atom. The highest BCUT2D eigenvalue weighted by Gasteiger charge is 2.41. The lowest BCUT2D eigenvalue weighted by Gasteiger charge is -2.51. The third kappa shape index (κ3) is 2.58. The monoisotopic (exact) mass is 325 g/mol. The lowest BCUT2D eigenvalue weighted by molar-refractivity contribution is -0.0105. The molecule has 0 aliphatic carbocycles. The van der Waals surface area contributed by atoms with Gasteiger partial charge in [-0.15, -0.1) is 0 Å². The first-order valence-electron chi connectivity index (χ1n) is 9.13. The van der Waals surface area contributed by atoms with Crippen LogP contribution in [0.15, 0.2) is 30.5 Å². The standard InChI is InChI=1S/C20H27N3O/c1-3-13-12-23-9-7-14(13)10-19(23)20(21)16-6-8-22-18-5-4-15(24-2)11-17(16)18/h4-6,8,11,13-14,19-20H,3,7,9-10,12,21H2,1-2H3/t13-,14-,19?,20+/m0/s1. The summed E-state index contributed by atoms with van der Waals surface area (Å²) in [6, 6.07) is 8.62.